The molecule has 94 valence electrons. The number of benzene rings is 1. The van der Waals surface area contributed by atoms with E-state index >= 15 is 0 Å². The zero-order valence-electron chi connectivity index (χ0n) is 10.0. The van der Waals surface area contributed by atoms with E-state index in [1.54, 1.807) is 11.8 Å². The van der Waals surface area contributed by atoms with Gasteiger partial charge in [0.15, 0.2) is 0 Å². The molecule has 18 heavy (non-hydrogen) atoms. The van der Waals surface area contributed by atoms with Crippen molar-refractivity contribution in [3.63, 3.8) is 0 Å². The summed E-state index contributed by atoms with van der Waals surface area (Å²) in [4.78, 5) is 9.52. The lowest BCUT2D eigenvalue weighted by Crippen LogP contribution is -1.97. The van der Waals surface area contributed by atoms with Crippen LogP contribution in [0.1, 0.15) is 25.3 Å². The number of nitrogens with zero attached hydrogens (tertiary/aromatic N) is 2. The highest BCUT2D eigenvalue weighted by molar-refractivity contribution is 9.10. The number of hydrogen-bond donors (Lipinski definition) is 0. The molecule has 0 amide bonds. The van der Waals surface area contributed by atoms with Gasteiger partial charge in [-0.3, -0.25) is 0 Å². The van der Waals surface area contributed by atoms with Crippen molar-refractivity contribution < 1.29 is 0 Å². The lowest BCUT2D eigenvalue weighted by molar-refractivity contribution is 0.803. The van der Waals surface area contributed by atoms with E-state index in [4.69, 9.17) is 11.6 Å². The summed E-state index contributed by atoms with van der Waals surface area (Å²) >= 11 is 11.3. The summed E-state index contributed by atoms with van der Waals surface area (Å²) in [7, 11) is 0. The summed E-state index contributed by atoms with van der Waals surface area (Å²) in [6.07, 6.45) is 1.51. The summed E-state index contributed by atoms with van der Waals surface area (Å²) in [5.74, 6) is 0.295. The molecule has 0 aliphatic rings. The molecule has 1 heterocycles. The topological polar surface area (TPSA) is 25.8 Å². The largest absolute Gasteiger partial charge is 0.229 e. The quantitative estimate of drug-likeness (QED) is 0.719. The normalized spacial score (nSPS) is 10.9. The van der Waals surface area contributed by atoms with Crippen molar-refractivity contribution in [2.45, 2.75) is 29.7 Å². The fourth-order valence-electron chi connectivity index (χ4n) is 1.56. The minimum Gasteiger partial charge on any atom is -0.229 e. The number of aromatic nitrogens is 2. The first-order chi connectivity index (χ1) is 8.59. The summed E-state index contributed by atoms with van der Waals surface area (Å²) in [6, 6.07) is 8.06. The van der Waals surface area contributed by atoms with Gasteiger partial charge in [0.1, 0.15) is 16.5 Å². The molecule has 0 saturated heterocycles. The Morgan fingerprint density at radius 2 is 1.94 bits per heavy atom. The van der Waals surface area contributed by atoms with Gasteiger partial charge < -0.3 is 0 Å². The molecule has 0 spiro atoms. The van der Waals surface area contributed by atoms with E-state index in [-0.39, 0.29) is 0 Å². The van der Waals surface area contributed by atoms with Crippen LogP contribution < -0.4 is 0 Å². The van der Waals surface area contributed by atoms with Crippen LogP contribution in [0.25, 0.3) is 0 Å². The maximum Gasteiger partial charge on any atom is 0.137 e. The third kappa shape index (κ3) is 3.05. The second-order valence-corrected chi connectivity index (χ2v) is 6.31. The van der Waals surface area contributed by atoms with Crippen molar-refractivity contribution in [2.75, 3.05) is 0 Å². The van der Waals surface area contributed by atoms with Crippen LogP contribution in [0, 0.1) is 0 Å². The molecule has 1 aromatic carbocycles. The van der Waals surface area contributed by atoms with Gasteiger partial charge in [-0.05, 0) is 34.0 Å². The first kappa shape index (κ1) is 13.8. The molecule has 5 heteroatoms. The van der Waals surface area contributed by atoms with Crippen molar-refractivity contribution in [2.24, 2.45) is 0 Å². The second kappa shape index (κ2) is 6.04. The maximum absolute atomic E-state index is 6.15. The van der Waals surface area contributed by atoms with Crippen LogP contribution in [-0.4, -0.2) is 9.97 Å². The van der Waals surface area contributed by atoms with Gasteiger partial charge in [0.25, 0.3) is 0 Å². The van der Waals surface area contributed by atoms with Gasteiger partial charge in [-0.1, -0.05) is 49.3 Å². The Kier molecular flexibility index (Phi) is 4.65. The van der Waals surface area contributed by atoms with Gasteiger partial charge in [-0.2, -0.15) is 0 Å². The molecule has 0 fully saturated rings. The molecular weight excluding hydrogens is 332 g/mol. The van der Waals surface area contributed by atoms with Crippen molar-refractivity contribution in [3.05, 3.63) is 45.8 Å². The third-order valence-corrected chi connectivity index (χ3v) is 4.77. The lowest BCUT2D eigenvalue weighted by Gasteiger charge is -2.12. The standard InChI is InChI=1S/C13H12BrClN2S/c1-8(2)11-12(15)16-7-17-13(11)18-10-6-4-3-5-9(10)14/h3-8H,1-2H3. The van der Waals surface area contributed by atoms with Gasteiger partial charge in [0.05, 0.1) is 0 Å². The van der Waals surface area contributed by atoms with Gasteiger partial charge in [-0.25, -0.2) is 9.97 Å². The van der Waals surface area contributed by atoms with Gasteiger partial charge in [0.2, 0.25) is 0 Å². The van der Waals surface area contributed by atoms with Crippen molar-refractivity contribution in [3.8, 4) is 0 Å². The van der Waals surface area contributed by atoms with Crippen LogP contribution in [0.4, 0.5) is 0 Å². The van der Waals surface area contributed by atoms with Crippen LogP contribution in [0.15, 0.2) is 45.0 Å². The summed E-state index contributed by atoms with van der Waals surface area (Å²) in [5.41, 5.74) is 1.000. The Bertz CT molecular complexity index is 560. The molecule has 2 aromatic rings. The maximum atomic E-state index is 6.15. The van der Waals surface area contributed by atoms with E-state index in [1.165, 1.54) is 6.33 Å². The summed E-state index contributed by atoms with van der Waals surface area (Å²) < 4.78 is 1.06. The smallest absolute Gasteiger partial charge is 0.137 e. The minimum absolute atomic E-state index is 0.295. The Hall–Kier alpha value is -0.580. The average molecular weight is 344 g/mol. The number of halogens is 2. The number of rotatable bonds is 3. The van der Waals surface area contributed by atoms with Crippen LogP contribution in [0.5, 0.6) is 0 Å². The van der Waals surface area contributed by atoms with Gasteiger partial charge >= 0.3 is 0 Å². The molecule has 2 rings (SSSR count). The van der Waals surface area contributed by atoms with Crippen LogP contribution >= 0.6 is 39.3 Å². The first-order valence-electron chi connectivity index (χ1n) is 5.52. The van der Waals surface area contributed by atoms with E-state index in [0.717, 1.165) is 20.0 Å². The van der Waals surface area contributed by atoms with Crippen LogP contribution in [0.3, 0.4) is 0 Å². The lowest BCUT2D eigenvalue weighted by atomic mass is 10.1. The molecule has 0 bridgehead atoms. The third-order valence-electron chi connectivity index (χ3n) is 2.42. The average Bonchev–Trinajstić information content (AvgIpc) is 2.31. The van der Waals surface area contributed by atoms with Crippen molar-refractivity contribution in [1.29, 1.82) is 0 Å². The van der Waals surface area contributed by atoms with Crippen molar-refractivity contribution >= 4 is 39.3 Å². The van der Waals surface area contributed by atoms with E-state index in [1.807, 2.05) is 18.2 Å². The Morgan fingerprint density at radius 1 is 1.22 bits per heavy atom. The summed E-state index contributed by atoms with van der Waals surface area (Å²) in [6.45, 7) is 4.18. The minimum atomic E-state index is 0.295. The predicted octanol–water partition coefficient (Wildman–Crippen LogP) is 5.17. The van der Waals surface area contributed by atoms with Gasteiger partial charge in [-0.15, -0.1) is 0 Å². The highest BCUT2D eigenvalue weighted by Gasteiger charge is 2.15. The van der Waals surface area contributed by atoms with E-state index in [0.29, 0.717) is 11.1 Å². The molecule has 0 atom stereocenters. The molecule has 0 unspecified atom stereocenters. The monoisotopic (exact) mass is 342 g/mol. The fourth-order valence-corrected chi connectivity index (χ4v) is 3.56. The Balaban J connectivity index is 2.41. The molecule has 2 nitrogen and oxygen atoms in total. The first-order valence-corrected chi connectivity index (χ1v) is 7.51. The summed E-state index contributed by atoms with van der Waals surface area (Å²) in [5, 5.41) is 1.45. The van der Waals surface area contributed by atoms with Crippen molar-refractivity contribution in [1.82, 2.24) is 9.97 Å². The molecule has 0 N–H and O–H groups in total. The highest BCUT2D eigenvalue weighted by atomic mass is 79.9. The zero-order chi connectivity index (χ0) is 13.1. The zero-order valence-corrected chi connectivity index (χ0v) is 13.2. The molecule has 0 saturated carbocycles. The molecular formula is C13H12BrClN2S. The Morgan fingerprint density at radius 3 is 2.61 bits per heavy atom. The van der Waals surface area contributed by atoms with E-state index < -0.39 is 0 Å². The van der Waals surface area contributed by atoms with Crippen LogP contribution in [0.2, 0.25) is 5.15 Å². The SMILES string of the molecule is CC(C)c1c(Cl)ncnc1Sc1ccccc1Br. The molecule has 0 aliphatic heterocycles. The second-order valence-electron chi connectivity index (χ2n) is 4.07. The molecule has 1 aromatic heterocycles. The molecule has 0 radical (unpaired) electrons. The fraction of sp³-hybridized carbons (Fsp3) is 0.231. The highest BCUT2D eigenvalue weighted by Crippen LogP contribution is 2.37. The van der Waals surface area contributed by atoms with Crippen LogP contribution in [-0.2, 0) is 0 Å². The van der Waals surface area contributed by atoms with Gasteiger partial charge in [0, 0.05) is 14.9 Å². The van der Waals surface area contributed by atoms with E-state index in [2.05, 4.69) is 45.8 Å². The van der Waals surface area contributed by atoms with E-state index in [9.17, 15) is 0 Å². The Labute approximate surface area is 124 Å². The number of hydrogen-bond acceptors (Lipinski definition) is 3. The molecule has 0 aliphatic carbocycles. The predicted molar refractivity (Wildman–Crippen MR) is 79.4 cm³/mol.